The van der Waals surface area contributed by atoms with Crippen molar-refractivity contribution in [2.75, 3.05) is 27.8 Å². The molecule has 0 aliphatic heterocycles. The molecule has 0 saturated heterocycles. The summed E-state index contributed by atoms with van der Waals surface area (Å²) < 4.78 is 9.50. The highest BCUT2D eigenvalue weighted by Crippen LogP contribution is 2.27. The molecule has 0 fully saturated rings. The maximum atomic E-state index is 11.6. The Morgan fingerprint density at radius 3 is 1.94 bits per heavy atom. The third-order valence-corrected chi connectivity index (χ3v) is 8.38. The van der Waals surface area contributed by atoms with E-state index in [4.69, 9.17) is 9.84 Å². The molecule has 0 aliphatic carbocycles. The van der Waals surface area contributed by atoms with Gasteiger partial charge >= 0.3 is 17.9 Å². The zero-order chi connectivity index (χ0) is 35.5. The molecule has 4 aromatic heterocycles. The van der Waals surface area contributed by atoms with Crippen LogP contribution in [-0.2, 0) is 9.47 Å². The number of Topliss-reactive ketones (excluding diaryl/α,β-unsaturated/α-hetero) is 1. The molecule has 4 rings (SSSR count). The summed E-state index contributed by atoms with van der Waals surface area (Å²) in [4.78, 5) is 68.6. The van der Waals surface area contributed by atoms with Crippen molar-refractivity contribution in [3.63, 3.8) is 0 Å². The summed E-state index contributed by atoms with van der Waals surface area (Å²) in [5, 5.41) is 8.48. The number of allylic oxidation sites excluding steroid dienone is 1. The number of aryl methyl sites for hydroxylation is 1. The Labute approximate surface area is 296 Å². The van der Waals surface area contributed by atoms with E-state index in [1.807, 2.05) is 33.2 Å². The van der Waals surface area contributed by atoms with Crippen LogP contribution in [0.25, 0.3) is 10.6 Å². The van der Waals surface area contributed by atoms with Gasteiger partial charge in [0, 0.05) is 55.1 Å². The molecule has 4 heterocycles. The van der Waals surface area contributed by atoms with Crippen LogP contribution in [0.5, 0.6) is 0 Å². The summed E-state index contributed by atoms with van der Waals surface area (Å²) in [6, 6.07) is 11.6. The van der Waals surface area contributed by atoms with Crippen molar-refractivity contribution in [1.82, 2.24) is 14.9 Å². The van der Waals surface area contributed by atoms with Crippen LogP contribution in [0.15, 0.2) is 60.9 Å². The van der Waals surface area contributed by atoms with Gasteiger partial charge in [-0.3, -0.25) is 9.59 Å². The number of carboxylic acids is 1. The van der Waals surface area contributed by atoms with Crippen LogP contribution in [0.4, 0.5) is 0 Å². The number of rotatable bonds is 9. The molecule has 249 valence electrons. The van der Waals surface area contributed by atoms with Crippen LogP contribution in [0.3, 0.4) is 0 Å². The van der Waals surface area contributed by atoms with Crippen LogP contribution in [0.2, 0.25) is 0 Å². The first-order valence-corrected chi connectivity index (χ1v) is 16.0. The molecule has 48 heavy (non-hydrogen) atoms. The van der Waals surface area contributed by atoms with E-state index in [1.54, 1.807) is 42.4 Å². The minimum Gasteiger partial charge on any atom is -0.477 e. The predicted molar refractivity (Wildman–Crippen MR) is 194 cm³/mol. The van der Waals surface area contributed by atoms with Crippen LogP contribution in [0.1, 0.15) is 75.5 Å². The molecular weight excluding hydrogens is 671 g/mol. The van der Waals surface area contributed by atoms with Crippen LogP contribution in [-0.4, -0.2) is 99.8 Å². The first-order valence-electron chi connectivity index (χ1n) is 13.5. The molecular formula is C31H35B3N3O8S3. The molecule has 5 radical (unpaired) electrons. The average molecular weight is 706 g/mol. The van der Waals surface area contributed by atoms with Crippen LogP contribution < -0.4 is 0 Å². The highest BCUT2D eigenvalue weighted by atomic mass is 32.1. The maximum Gasteiger partial charge on any atom is 0.348 e. The number of aromatic nitrogens is 2. The van der Waals surface area contributed by atoms with E-state index in [2.05, 4.69) is 30.2 Å². The Hall–Kier alpha value is -4.34. The number of hydrogen-bond donors (Lipinski definition) is 1. The third kappa shape index (κ3) is 15.5. The van der Waals surface area contributed by atoms with Gasteiger partial charge < -0.3 is 19.5 Å². The Morgan fingerprint density at radius 1 is 0.896 bits per heavy atom. The van der Waals surface area contributed by atoms with Crippen molar-refractivity contribution in [2.45, 2.75) is 28.2 Å². The van der Waals surface area contributed by atoms with Crippen molar-refractivity contribution in [1.29, 1.82) is 0 Å². The second-order valence-corrected chi connectivity index (χ2v) is 12.1. The van der Waals surface area contributed by atoms with Gasteiger partial charge in [-0.15, -0.1) is 34.0 Å². The number of ether oxygens (including phenoxy) is 2. The molecule has 0 aliphatic rings. The van der Waals surface area contributed by atoms with Crippen LogP contribution in [0, 0.1) is 6.92 Å². The molecule has 0 spiro atoms. The Balaban J connectivity index is 0.000000669. The second kappa shape index (κ2) is 23.1. The van der Waals surface area contributed by atoms with E-state index >= 15 is 0 Å². The number of carbonyl (C=O) groups excluding carboxylic acids is 4. The predicted octanol–water partition coefficient (Wildman–Crippen LogP) is 5.63. The van der Waals surface area contributed by atoms with E-state index in [0.29, 0.717) is 31.9 Å². The third-order valence-electron chi connectivity index (χ3n) is 5.03. The number of ketones is 2. The van der Waals surface area contributed by atoms with Gasteiger partial charge in [0.15, 0.2) is 11.6 Å². The molecule has 11 nitrogen and oxygen atoms in total. The van der Waals surface area contributed by atoms with E-state index < -0.39 is 11.9 Å². The van der Waals surface area contributed by atoms with Gasteiger partial charge in [-0.25, -0.2) is 24.4 Å². The number of methoxy groups -OCH3 is 1. The van der Waals surface area contributed by atoms with Gasteiger partial charge in [-0.05, 0) is 63.2 Å². The highest BCUT2D eigenvalue weighted by molar-refractivity contribution is 7.17. The summed E-state index contributed by atoms with van der Waals surface area (Å²) in [6.07, 6.45) is 4.84. The molecule has 0 bridgehead atoms. The Kier molecular flexibility index (Phi) is 21.0. The fourth-order valence-electron chi connectivity index (χ4n) is 3.00. The lowest BCUT2D eigenvalue weighted by atomic mass is 9.40. The SMILES string of the molecule is C.CC(=O)c1ccc(C(=O)O)s1.CCOC(=O)c1ccc(-c2ccnc(C)n2)s1.COC(=O)c1ccc(C(=O)C=CN(C)C)s1.[B][B][B]. The topological polar surface area (TPSA) is 153 Å². The Bertz CT molecular complexity index is 1640. The Morgan fingerprint density at radius 2 is 1.44 bits per heavy atom. The number of thiophene rings is 3. The lowest BCUT2D eigenvalue weighted by molar-refractivity contribution is 0.0530. The molecule has 1 N–H and O–H groups in total. The van der Waals surface area contributed by atoms with E-state index in [9.17, 15) is 24.0 Å². The number of carboxylic acid groups (broad SMARTS) is 1. The van der Waals surface area contributed by atoms with Crippen LogP contribution >= 0.6 is 34.0 Å². The molecule has 0 amide bonds. The summed E-state index contributed by atoms with van der Waals surface area (Å²) in [5.74, 6) is -1.18. The zero-order valence-corrected chi connectivity index (χ0v) is 29.0. The smallest absolute Gasteiger partial charge is 0.348 e. The fraction of sp³-hybridized carbons (Fsp3) is 0.258. The van der Waals surface area contributed by atoms with Crippen molar-refractivity contribution >= 4 is 86.0 Å². The molecule has 0 saturated carbocycles. The zero-order valence-electron chi connectivity index (χ0n) is 26.6. The number of hydrogen-bond acceptors (Lipinski definition) is 13. The lowest BCUT2D eigenvalue weighted by Gasteiger charge is -2.01. The number of nitrogens with zero attached hydrogens (tertiary/aromatic N) is 3. The summed E-state index contributed by atoms with van der Waals surface area (Å²) in [6.45, 7) is 5.43. The lowest BCUT2D eigenvalue weighted by Crippen LogP contribution is -2.02. The molecule has 0 aromatic carbocycles. The average Bonchev–Trinajstić information content (AvgIpc) is 3.82. The standard InChI is InChI=1S/C12H12N2O2S.C11H13NO3S.C7H6O3S.CH4.B3/c1-3-16-12(15)11-5-4-10(17-11)9-6-7-13-8(2)14-9;1-12(2)7-6-8(13)9-4-5-10(16-9)11(14)15-3;1-4(8)5-2-3-6(11-5)7(9)10;;1-3-2/h4-7H,3H2,1-2H3;4-7H,1-3H3;2-3H,1H3,(H,9,10);1H4;. The van der Waals surface area contributed by atoms with Gasteiger partial charge in [-0.1, -0.05) is 7.43 Å². The minimum atomic E-state index is -0.984. The first kappa shape index (κ1) is 43.7. The van der Waals surface area contributed by atoms with Gasteiger partial charge in [0.1, 0.15) is 20.5 Å². The molecule has 0 unspecified atom stereocenters. The quantitative estimate of drug-likeness (QED) is 0.0998. The highest BCUT2D eigenvalue weighted by Gasteiger charge is 2.13. The summed E-state index contributed by atoms with van der Waals surface area (Å²) in [5.41, 5.74) is 0.832. The monoisotopic (exact) mass is 706 g/mol. The normalized spacial score (nSPS) is 9.54. The maximum absolute atomic E-state index is 11.6. The number of carbonyl (C=O) groups is 5. The van der Waals surface area contributed by atoms with Gasteiger partial charge in [-0.2, -0.15) is 0 Å². The van der Waals surface area contributed by atoms with Gasteiger partial charge in [0.25, 0.3) is 0 Å². The minimum absolute atomic E-state index is 0. The summed E-state index contributed by atoms with van der Waals surface area (Å²) >= 11 is 3.51. The van der Waals surface area contributed by atoms with Crippen molar-refractivity contribution in [2.24, 2.45) is 0 Å². The van der Waals surface area contributed by atoms with Crippen molar-refractivity contribution in [3.05, 3.63) is 91.1 Å². The molecule has 0 atom stereocenters. The van der Waals surface area contributed by atoms with Gasteiger partial charge in [0.05, 0.1) is 34.0 Å². The number of esters is 2. The fourth-order valence-corrected chi connectivity index (χ4v) is 5.46. The van der Waals surface area contributed by atoms with E-state index in [1.165, 1.54) is 43.6 Å². The van der Waals surface area contributed by atoms with Gasteiger partial charge in [0.2, 0.25) is 0 Å². The second-order valence-electron chi connectivity index (χ2n) is 8.89. The summed E-state index contributed by atoms with van der Waals surface area (Å²) in [7, 11) is 15.0. The van der Waals surface area contributed by atoms with Crippen molar-refractivity contribution in [3.8, 4) is 10.6 Å². The van der Waals surface area contributed by atoms with E-state index in [-0.39, 0.29) is 29.8 Å². The number of aromatic carboxylic acids is 1. The molecule has 17 heteroatoms. The first-order chi connectivity index (χ1) is 22.3. The molecule has 4 aromatic rings. The van der Waals surface area contributed by atoms with E-state index in [0.717, 1.165) is 40.3 Å². The van der Waals surface area contributed by atoms with Crippen molar-refractivity contribution < 1.29 is 38.6 Å². The largest absolute Gasteiger partial charge is 0.477 e.